The van der Waals surface area contributed by atoms with Crippen molar-refractivity contribution in [2.45, 2.75) is 25.8 Å². The van der Waals surface area contributed by atoms with Crippen LogP contribution in [0, 0.1) is 0 Å². The third-order valence-corrected chi connectivity index (χ3v) is 2.53. The predicted octanol–water partition coefficient (Wildman–Crippen LogP) is 1.67. The Morgan fingerprint density at radius 1 is 1.71 bits per heavy atom. The number of rotatable bonds is 3. The van der Waals surface area contributed by atoms with E-state index in [-0.39, 0.29) is 0 Å². The monoisotopic (exact) mass is 195 g/mol. The van der Waals surface area contributed by atoms with Crippen LogP contribution in [0.1, 0.15) is 25.8 Å². The van der Waals surface area contributed by atoms with E-state index in [1.54, 1.807) is 0 Å². The van der Waals surface area contributed by atoms with Crippen molar-refractivity contribution < 1.29 is 4.74 Å². The van der Waals surface area contributed by atoms with Crippen LogP contribution in [0.3, 0.4) is 0 Å². The van der Waals surface area contributed by atoms with Crippen molar-refractivity contribution in [2.75, 3.05) is 25.1 Å². The smallest absolute Gasteiger partial charge is 0.203 e. The first-order valence-electron chi connectivity index (χ1n) is 5.26. The van der Waals surface area contributed by atoms with Gasteiger partial charge in [-0.05, 0) is 19.8 Å². The Kier molecular flexibility index (Phi) is 3.03. The molecule has 1 fully saturated rings. The third kappa shape index (κ3) is 1.90. The molecular formula is C10H17N3O. The SMILES string of the molecule is CCNc1nccn1C1CCCOC1. The maximum absolute atomic E-state index is 5.46. The Hall–Kier alpha value is -1.03. The van der Waals surface area contributed by atoms with Crippen LogP contribution in [-0.2, 0) is 4.74 Å². The van der Waals surface area contributed by atoms with E-state index in [4.69, 9.17) is 4.74 Å². The van der Waals surface area contributed by atoms with Crippen molar-refractivity contribution in [3.63, 3.8) is 0 Å². The molecule has 1 unspecified atom stereocenters. The van der Waals surface area contributed by atoms with Crippen molar-refractivity contribution in [1.29, 1.82) is 0 Å². The molecule has 1 aliphatic heterocycles. The van der Waals surface area contributed by atoms with E-state index in [2.05, 4.69) is 21.8 Å². The van der Waals surface area contributed by atoms with E-state index in [1.807, 2.05) is 12.4 Å². The topological polar surface area (TPSA) is 39.1 Å². The third-order valence-electron chi connectivity index (χ3n) is 2.53. The quantitative estimate of drug-likeness (QED) is 0.797. The van der Waals surface area contributed by atoms with Crippen molar-refractivity contribution in [1.82, 2.24) is 9.55 Å². The Balaban J connectivity index is 2.09. The molecule has 4 nitrogen and oxygen atoms in total. The summed E-state index contributed by atoms with van der Waals surface area (Å²) in [4.78, 5) is 4.28. The number of imidazole rings is 1. The summed E-state index contributed by atoms with van der Waals surface area (Å²) in [6.45, 7) is 4.71. The van der Waals surface area contributed by atoms with Gasteiger partial charge in [0.2, 0.25) is 5.95 Å². The van der Waals surface area contributed by atoms with Crippen LogP contribution < -0.4 is 5.32 Å². The first-order valence-corrected chi connectivity index (χ1v) is 5.26. The molecule has 1 aliphatic rings. The second-order valence-electron chi connectivity index (χ2n) is 3.56. The normalized spacial score (nSPS) is 22.2. The lowest BCUT2D eigenvalue weighted by atomic mass is 10.1. The van der Waals surface area contributed by atoms with Gasteiger partial charge in [0, 0.05) is 25.5 Å². The molecule has 14 heavy (non-hydrogen) atoms. The number of anilines is 1. The number of hydrogen-bond acceptors (Lipinski definition) is 3. The molecule has 0 radical (unpaired) electrons. The van der Waals surface area contributed by atoms with E-state index < -0.39 is 0 Å². The molecule has 2 rings (SSSR count). The summed E-state index contributed by atoms with van der Waals surface area (Å²) in [5, 5.41) is 3.25. The highest BCUT2D eigenvalue weighted by Crippen LogP contribution is 2.22. The highest BCUT2D eigenvalue weighted by atomic mass is 16.5. The second-order valence-corrected chi connectivity index (χ2v) is 3.56. The van der Waals surface area contributed by atoms with Gasteiger partial charge < -0.3 is 14.6 Å². The van der Waals surface area contributed by atoms with E-state index in [0.717, 1.165) is 32.1 Å². The lowest BCUT2D eigenvalue weighted by Gasteiger charge is -2.24. The van der Waals surface area contributed by atoms with Crippen molar-refractivity contribution >= 4 is 5.95 Å². The van der Waals surface area contributed by atoms with Gasteiger partial charge in [-0.1, -0.05) is 0 Å². The first kappa shape index (κ1) is 9.52. The fourth-order valence-corrected chi connectivity index (χ4v) is 1.85. The summed E-state index contributed by atoms with van der Waals surface area (Å²) in [6, 6.07) is 0.459. The number of hydrogen-bond donors (Lipinski definition) is 1. The van der Waals surface area contributed by atoms with Crippen LogP contribution in [0.2, 0.25) is 0 Å². The molecule has 78 valence electrons. The molecule has 1 aromatic rings. The molecule has 1 saturated heterocycles. The molecule has 1 aromatic heterocycles. The van der Waals surface area contributed by atoms with Gasteiger partial charge in [0.15, 0.2) is 0 Å². The van der Waals surface area contributed by atoms with Crippen molar-refractivity contribution in [2.24, 2.45) is 0 Å². The van der Waals surface area contributed by atoms with Gasteiger partial charge in [-0.3, -0.25) is 0 Å². The lowest BCUT2D eigenvalue weighted by molar-refractivity contribution is 0.0598. The zero-order valence-electron chi connectivity index (χ0n) is 8.57. The molecular weight excluding hydrogens is 178 g/mol. The first-order chi connectivity index (χ1) is 6.92. The molecule has 0 aliphatic carbocycles. The summed E-state index contributed by atoms with van der Waals surface area (Å²) < 4.78 is 7.65. The van der Waals surface area contributed by atoms with Crippen LogP contribution in [0.4, 0.5) is 5.95 Å². The number of nitrogens with one attached hydrogen (secondary N) is 1. The van der Waals surface area contributed by atoms with Crippen LogP contribution in [0.15, 0.2) is 12.4 Å². The summed E-state index contributed by atoms with van der Waals surface area (Å²) in [7, 11) is 0. The summed E-state index contributed by atoms with van der Waals surface area (Å²) >= 11 is 0. The Bertz CT molecular complexity index is 279. The average molecular weight is 195 g/mol. The fourth-order valence-electron chi connectivity index (χ4n) is 1.85. The largest absolute Gasteiger partial charge is 0.379 e. The maximum atomic E-state index is 5.46. The summed E-state index contributed by atoms with van der Waals surface area (Å²) in [5.41, 5.74) is 0. The zero-order chi connectivity index (χ0) is 9.80. The molecule has 2 heterocycles. The van der Waals surface area contributed by atoms with Crippen LogP contribution in [0.25, 0.3) is 0 Å². The van der Waals surface area contributed by atoms with Gasteiger partial charge in [0.05, 0.1) is 12.6 Å². The van der Waals surface area contributed by atoms with E-state index in [0.29, 0.717) is 6.04 Å². The van der Waals surface area contributed by atoms with Crippen molar-refractivity contribution in [3.05, 3.63) is 12.4 Å². The minimum atomic E-state index is 0.459. The minimum absolute atomic E-state index is 0.459. The van der Waals surface area contributed by atoms with Crippen LogP contribution in [0.5, 0.6) is 0 Å². The van der Waals surface area contributed by atoms with E-state index >= 15 is 0 Å². The molecule has 0 bridgehead atoms. The van der Waals surface area contributed by atoms with E-state index in [1.165, 1.54) is 6.42 Å². The van der Waals surface area contributed by atoms with Crippen LogP contribution >= 0.6 is 0 Å². The standard InChI is InChI=1S/C10H17N3O/c1-2-11-10-12-5-6-13(10)9-4-3-7-14-8-9/h5-6,9H,2-4,7-8H2,1H3,(H,11,12). The zero-order valence-corrected chi connectivity index (χ0v) is 8.57. The highest BCUT2D eigenvalue weighted by molar-refractivity contribution is 5.26. The number of aromatic nitrogens is 2. The number of nitrogens with zero attached hydrogens (tertiary/aromatic N) is 2. The lowest BCUT2D eigenvalue weighted by Crippen LogP contribution is -2.22. The van der Waals surface area contributed by atoms with Crippen molar-refractivity contribution in [3.8, 4) is 0 Å². The van der Waals surface area contributed by atoms with E-state index in [9.17, 15) is 0 Å². The Morgan fingerprint density at radius 3 is 3.36 bits per heavy atom. The van der Waals surface area contributed by atoms with Crippen LogP contribution in [-0.4, -0.2) is 29.3 Å². The maximum Gasteiger partial charge on any atom is 0.203 e. The average Bonchev–Trinajstić information content (AvgIpc) is 2.68. The van der Waals surface area contributed by atoms with Gasteiger partial charge >= 0.3 is 0 Å². The van der Waals surface area contributed by atoms with Gasteiger partial charge in [0.25, 0.3) is 0 Å². The molecule has 0 amide bonds. The minimum Gasteiger partial charge on any atom is -0.379 e. The molecule has 1 N–H and O–H groups in total. The Morgan fingerprint density at radius 2 is 2.64 bits per heavy atom. The van der Waals surface area contributed by atoms with Gasteiger partial charge in [-0.15, -0.1) is 0 Å². The van der Waals surface area contributed by atoms with Gasteiger partial charge in [-0.2, -0.15) is 0 Å². The second kappa shape index (κ2) is 4.46. The molecule has 1 atom stereocenters. The number of ether oxygens (including phenoxy) is 1. The predicted molar refractivity (Wildman–Crippen MR) is 55.5 cm³/mol. The Labute approximate surface area is 84.3 Å². The summed E-state index contributed by atoms with van der Waals surface area (Å²) in [5.74, 6) is 0.961. The molecule has 0 aromatic carbocycles. The van der Waals surface area contributed by atoms with Gasteiger partial charge in [-0.25, -0.2) is 4.98 Å². The highest BCUT2D eigenvalue weighted by Gasteiger charge is 2.17. The fraction of sp³-hybridized carbons (Fsp3) is 0.700. The summed E-state index contributed by atoms with van der Waals surface area (Å²) in [6.07, 6.45) is 6.20. The van der Waals surface area contributed by atoms with Gasteiger partial charge in [0.1, 0.15) is 0 Å². The molecule has 0 spiro atoms. The molecule has 0 saturated carbocycles. The molecule has 4 heteroatoms.